The van der Waals surface area contributed by atoms with Gasteiger partial charge in [-0.2, -0.15) is 0 Å². The third-order valence-corrected chi connectivity index (χ3v) is 2.98. The van der Waals surface area contributed by atoms with Gasteiger partial charge in [-0.25, -0.2) is 0 Å². The number of nitrogens with one attached hydrogen (secondary N) is 1. The van der Waals surface area contributed by atoms with Gasteiger partial charge in [-0.1, -0.05) is 6.07 Å². The molecule has 1 heterocycles. The second-order valence-electron chi connectivity index (χ2n) is 3.87. The van der Waals surface area contributed by atoms with Crippen LogP contribution in [0.1, 0.15) is 5.69 Å². The van der Waals surface area contributed by atoms with E-state index in [4.69, 9.17) is 0 Å². The van der Waals surface area contributed by atoms with Crippen LogP contribution in [0.5, 0.6) is 5.75 Å². The van der Waals surface area contributed by atoms with Crippen LogP contribution in [0.15, 0.2) is 47.1 Å². The molecule has 7 heteroatoms. The minimum Gasteiger partial charge on any atom is -0.405 e. The molecule has 0 spiro atoms. The van der Waals surface area contributed by atoms with Crippen molar-refractivity contribution in [3.05, 3.63) is 52.8 Å². The Bertz CT molecular complexity index is 576. The van der Waals surface area contributed by atoms with Gasteiger partial charge in [0.15, 0.2) is 0 Å². The molecule has 2 aromatic rings. The Hall–Kier alpha value is -1.76. The second kappa shape index (κ2) is 6.13. The van der Waals surface area contributed by atoms with Crippen LogP contribution in [0.3, 0.4) is 0 Å². The van der Waals surface area contributed by atoms with Crippen molar-refractivity contribution in [3.63, 3.8) is 0 Å². The molecule has 0 saturated heterocycles. The molecule has 0 radical (unpaired) electrons. The van der Waals surface area contributed by atoms with Crippen molar-refractivity contribution in [2.75, 3.05) is 5.32 Å². The highest BCUT2D eigenvalue weighted by molar-refractivity contribution is 9.10. The van der Waals surface area contributed by atoms with Gasteiger partial charge in [0.1, 0.15) is 5.75 Å². The maximum absolute atomic E-state index is 12.1. The highest BCUT2D eigenvalue weighted by Gasteiger charge is 2.31. The fraction of sp³-hybridized carbons (Fsp3) is 0.154. The zero-order chi connectivity index (χ0) is 14.6. The van der Waals surface area contributed by atoms with Gasteiger partial charge in [-0.3, -0.25) is 4.98 Å². The molecule has 0 bridgehead atoms. The van der Waals surface area contributed by atoms with E-state index in [9.17, 15) is 13.2 Å². The number of hydrogen-bond donors (Lipinski definition) is 1. The van der Waals surface area contributed by atoms with Crippen LogP contribution in [0.25, 0.3) is 0 Å². The summed E-state index contributed by atoms with van der Waals surface area (Å²) in [5, 5.41) is 3.06. The molecular formula is C13H10BrF3N2O. The van der Waals surface area contributed by atoms with Crippen molar-refractivity contribution < 1.29 is 17.9 Å². The summed E-state index contributed by atoms with van der Waals surface area (Å²) in [7, 11) is 0. The van der Waals surface area contributed by atoms with Crippen LogP contribution in [-0.2, 0) is 6.54 Å². The number of benzene rings is 1. The summed E-state index contributed by atoms with van der Waals surface area (Å²) < 4.78 is 40.5. The largest absolute Gasteiger partial charge is 0.573 e. The Morgan fingerprint density at radius 2 is 2.00 bits per heavy atom. The van der Waals surface area contributed by atoms with E-state index in [1.54, 1.807) is 6.20 Å². The van der Waals surface area contributed by atoms with E-state index in [-0.39, 0.29) is 10.2 Å². The van der Waals surface area contributed by atoms with E-state index in [0.717, 1.165) is 5.69 Å². The number of pyridine rings is 1. The summed E-state index contributed by atoms with van der Waals surface area (Å²) in [5.41, 5.74) is 1.50. The molecule has 1 aromatic heterocycles. The van der Waals surface area contributed by atoms with Crippen molar-refractivity contribution >= 4 is 21.6 Å². The normalized spacial score (nSPS) is 11.2. The van der Waals surface area contributed by atoms with Crippen LogP contribution >= 0.6 is 15.9 Å². The summed E-state index contributed by atoms with van der Waals surface area (Å²) in [6.45, 7) is 0.479. The zero-order valence-electron chi connectivity index (χ0n) is 10.1. The molecule has 106 valence electrons. The lowest BCUT2D eigenvalue weighted by atomic mass is 10.3. The molecule has 0 atom stereocenters. The first-order valence-corrected chi connectivity index (χ1v) is 6.42. The molecule has 0 aliphatic heterocycles. The average molecular weight is 347 g/mol. The highest BCUT2D eigenvalue weighted by atomic mass is 79.9. The Kier molecular flexibility index (Phi) is 4.49. The van der Waals surface area contributed by atoms with Gasteiger partial charge in [-0.15, -0.1) is 13.2 Å². The maximum Gasteiger partial charge on any atom is 0.573 e. The molecule has 0 saturated carbocycles. The number of anilines is 1. The standard InChI is InChI=1S/C13H10BrF3N2O/c14-11-7-9(4-5-12(11)20-13(15,16)17)19-8-10-3-1-2-6-18-10/h1-7,19H,8H2. The second-order valence-corrected chi connectivity index (χ2v) is 4.72. The minimum atomic E-state index is -4.70. The van der Waals surface area contributed by atoms with Crippen molar-refractivity contribution in [3.8, 4) is 5.75 Å². The van der Waals surface area contributed by atoms with E-state index in [2.05, 4.69) is 31.0 Å². The topological polar surface area (TPSA) is 34.1 Å². The first-order chi connectivity index (χ1) is 9.44. The molecule has 0 unspecified atom stereocenters. The predicted octanol–water partition coefficient (Wildman–Crippen LogP) is 4.35. The van der Waals surface area contributed by atoms with Gasteiger partial charge >= 0.3 is 6.36 Å². The number of hydrogen-bond acceptors (Lipinski definition) is 3. The van der Waals surface area contributed by atoms with Crippen molar-refractivity contribution in [2.45, 2.75) is 12.9 Å². The van der Waals surface area contributed by atoms with Crippen molar-refractivity contribution in [1.29, 1.82) is 0 Å². The van der Waals surface area contributed by atoms with Crippen molar-refractivity contribution in [1.82, 2.24) is 4.98 Å². The SMILES string of the molecule is FC(F)(F)Oc1ccc(NCc2ccccn2)cc1Br. The monoisotopic (exact) mass is 346 g/mol. The Morgan fingerprint density at radius 3 is 2.60 bits per heavy atom. The third-order valence-electron chi connectivity index (χ3n) is 2.36. The summed E-state index contributed by atoms with van der Waals surface area (Å²) in [4.78, 5) is 4.13. The molecule has 0 aliphatic carbocycles. The molecule has 0 aliphatic rings. The number of aromatic nitrogens is 1. The van der Waals surface area contributed by atoms with Gasteiger partial charge in [0.05, 0.1) is 16.7 Å². The molecule has 2 rings (SSSR count). The molecule has 1 aromatic carbocycles. The first-order valence-electron chi connectivity index (χ1n) is 5.63. The molecular weight excluding hydrogens is 337 g/mol. The quantitative estimate of drug-likeness (QED) is 0.893. The summed E-state index contributed by atoms with van der Waals surface area (Å²) >= 11 is 3.05. The molecule has 0 fully saturated rings. The Balaban J connectivity index is 2.02. The smallest absolute Gasteiger partial charge is 0.405 e. The van der Waals surface area contributed by atoms with Gasteiger partial charge in [0.2, 0.25) is 0 Å². The zero-order valence-corrected chi connectivity index (χ0v) is 11.7. The number of rotatable bonds is 4. The molecule has 0 amide bonds. The summed E-state index contributed by atoms with van der Waals surface area (Å²) in [6, 6.07) is 9.80. The number of nitrogens with zero attached hydrogens (tertiary/aromatic N) is 1. The van der Waals surface area contributed by atoms with Crippen LogP contribution in [0.4, 0.5) is 18.9 Å². The lowest BCUT2D eigenvalue weighted by Crippen LogP contribution is -2.17. The van der Waals surface area contributed by atoms with E-state index in [0.29, 0.717) is 12.2 Å². The first kappa shape index (κ1) is 14.6. The lowest BCUT2D eigenvalue weighted by Gasteiger charge is -2.12. The van der Waals surface area contributed by atoms with Crippen LogP contribution in [-0.4, -0.2) is 11.3 Å². The van der Waals surface area contributed by atoms with Gasteiger partial charge in [0, 0.05) is 11.9 Å². The minimum absolute atomic E-state index is 0.223. The van der Waals surface area contributed by atoms with Crippen molar-refractivity contribution in [2.24, 2.45) is 0 Å². The van der Waals surface area contributed by atoms with Gasteiger partial charge in [0.25, 0.3) is 0 Å². The fourth-order valence-electron chi connectivity index (χ4n) is 1.51. The summed E-state index contributed by atoms with van der Waals surface area (Å²) in [6.07, 6.45) is -3.03. The Labute approximate surface area is 121 Å². The van der Waals surface area contributed by atoms with Crippen LogP contribution in [0, 0.1) is 0 Å². The highest BCUT2D eigenvalue weighted by Crippen LogP contribution is 2.32. The van der Waals surface area contributed by atoms with Crippen LogP contribution < -0.4 is 10.1 Å². The van der Waals surface area contributed by atoms with Crippen LogP contribution in [0.2, 0.25) is 0 Å². The number of alkyl halides is 3. The number of halogens is 4. The molecule has 1 N–H and O–H groups in total. The lowest BCUT2D eigenvalue weighted by molar-refractivity contribution is -0.274. The van der Waals surface area contributed by atoms with E-state index in [1.165, 1.54) is 18.2 Å². The van der Waals surface area contributed by atoms with E-state index >= 15 is 0 Å². The van der Waals surface area contributed by atoms with Gasteiger partial charge in [-0.05, 0) is 46.3 Å². The fourth-order valence-corrected chi connectivity index (χ4v) is 1.97. The predicted molar refractivity (Wildman–Crippen MR) is 72.4 cm³/mol. The van der Waals surface area contributed by atoms with Gasteiger partial charge < -0.3 is 10.1 Å². The average Bonchev–Trinajstić information content (AvgIpc) is 2.39. The third kappa shape index (κ3) is 4.41. The Morgan fingerprint density at radius 1 is 1.20 bits per heavy atom. The van der Waals surface area contributed by atoms with E-state index in [1.807, 2.05) is 18.2 Å². The molecule has 3 nitrogen and oxygen atoms in total. The summed E-state index contributed by atoms with van der Waals surface area (Å²) in [5.74, 6) is -0.277. The van der Waals surface area contributed by atoms with E-state index < -0.39 is 6.36 Å². The maximum atomic E-state index is 12.1. The number of ether oxygens (including phenoxy) is 1. The molecule has 20 heavy (non-hydrogen) atoms.